The van der Waals surface area contributed by atoms with Crippen molar-refractivity contribution in [2.45, 2.75) is 136 Å². The number of fused-ring (bicyclic) bond motifs is 1. The first-order chi connectivity index (χ1) is 23.3. The molecule has 0 bridgehead atoms. The van der Waals surface area contributed by atoms with E-state index >= 15 is 0 Å². The summed E-state index contributed by atoms with van der Waals surface area (Å²) in [6.45, 7) is 16.2. The SMILES string of the molecule is CCCCCCCCC(=S)Nn1c(O)cc(C2C=C(C)c3c(c(O)n(NC(=O)CCc4cc(C(C)(C)C)c(O)c(C(C)(C)C)c4)c3O)C2)c1O. The second-order valence-electron chi connectivity index (χ2n) is 15.7. The van der Waals surface area contributed by atoms with Crippen molar-refractivity contribution in [1.82, 2.24) is 9.35 Å². The fourth-order valence-electron chi connectivity index (χ4n) is 6.73. The van der Waals surface area contributed by atoms with Crippen LogP contribution in [0.25, 0.3) is 5.57 Å². The number of phenolic OH excluding ortho intramolecular Hbond substituents is 1. The molecule has 0 saturated carbocycles. The minimum Gasteiger partial charge on any atom is -0.507 e. The number of carbonyl (C=O) groups is 1. The minimum atomic E-state index is -0.441. The van der Waals surface area contributed by atoms with Gasteiger partial charge in [-0.3, -0.25) is 15.6 Å². The Morgan fingerprint density at radius 1 is 0.820 bits per heavy atom. The van der Waals surface area contributed by atoms with Gasteiger partial charge in [-0.1, -0.05) is 111 Å². The molecule has 0 spiro atoms. The van der Waals surface area contributed by atoms with Crippen molar-refractivity contribution in [3.63, 3.8) is 0 Å². The van der Waals surface area contributed by atoms with Crippen molar-refractivity contribution < 1.29 is 30.3 Å². The number of amides is 1. The van der Waals surface area contributed by atoms with Gasteiger partial charge in [-0.15, -0.1) is 0 Å². The maximum Gasteiger partial charge on any atom is 0.239 e. The predicted octanol–water partition coefficient (Wildman–Crippen LogP) is 8.48. The van der Waals surface area contributed by atoms with E-state index < -0.39 is 11.8 Å². The van der Waals surface area contributed by atoms with E-state index in [1.165, 1.54) is 30.0 Å². The van der Waals surface area contributed by atoms with Crippen LogP contribution in [0.1, 0.15) is 146 Å². The van der Waals surface area contributed by atoms with Crippen LogP contribution in [0.3, 0.4) is 0 Å². The van der Waals surface area contributed by atoms with Crippen LogP contribution >= 0.6 is 12.2 Å². The van der Waals surface area contributed by atoms with Gasteiger partial charge in [-0.2, -0.15) is 9.35 Å². The van der Waals surface area contributed by atoms with Gasteiger partial charge in [0.15, 0.2) is 0 Å². The lowest BCUT2D eigenvalue weighted by molar-refractivity contribution is -0.117. The van der Waals surface area contributed by atoms with Crippen LogP contribution in [-0.2, 0) is 28.5 Å². The summed E-state index contributed by atoms with van der Waals surface area (Å²) in [5.41, 5.74) is 9.39. The van der Waals surface area contributed by atoms with Crippen LogP contribution < -0.4 is 10.9 Å². The number of aromatic hydroxyl groups is 5. The van der Waals surface area contributed by atoms with Crippen molar-refractivity contribution in [3.05, 3.63) is 57.7 Å². The number of nitrogens with zero attached hydrogens (tertiary/aromatic N) is 2. The van der Waals surface area contributed by atoms with E-state index in [4.69, 9.17) is 12.2 Å². The molecule has 2 aromatic heterocycles. The molecule has 2 heterocycles. The van der Waals surface area contributed by atoms with E-state index in [2.05, 4.69) is 17.8 Å². The normalized spacial score (nSPS) is 14.7. The smallest absolute Gasteiger partial charge is 0.239 e. The monoisotopic (exact) mass is 708 g/mol. The molecule has 1 atom stereocenters. The topological polar surface area (TPSA) is 152 Å². The predicted molar refractivity (Wildman–Crippen MR) is 204 cm³/mol. The van der Waals surface area contributed by atoms with Crippen molar-refractivity contribution >= 4 is 28.7 Å². The highest BCUT2D eigenvalue weighted by molar-refractivity contribution is 7.80. The Kier molecular flexibility index (Phi) is 11.9. The molecule has 1 aliphatic carbocycles. The molecule has 50 heavy (non-hydrogen) atoms. The maximum absolute atomic E-state index is 13.2. The second-order valence-corrected chi connectivity index (χ2v) is 16.2. The van der Waals surface area contributed by atoms with Crippen molar-refractivity contribution in [2.24, 2.45) is 0 Å². The molecule has 0 aliphatic heterocycles. The molecular formula is C39H56N4O6S. The zero-order valence-corrected chi connectivity index (χ0v) is 31.7. The number of unbranched alkanes of at least 4 members (excludes halogenated alkanes) is 5. The molecule has 4 rings (SSSR count). The molecule has 11 heteroatoms. The third kappa shape index (κ3) is 8.60. The van der Waals surface area contributed by atoms with Crippen LogP contribution in [-0.4, -0.2) is 45.8 Å². The zero-order chi connectivity index (χ0) is 37.1. The Morgan fingerprint density at radius 2 is 1.42 bits per heavy atom. The summed E-state index contributed by atoms with van der Waals surface area (Å²) in [6, 6.07) is 5.34. The van der Waals surface area contributed by atoms with Crippen LogP contribution in [0.2, 0.25) is 0 Å². The molecule has 1 unspecified atom stereocenters. The van der Waals surface area contributed by atoms with Gasteiger partial charge in [-0.25, -0.2) is 0 Å². The van der Waals surface area contributed by atoms with Crippen molar-refractivity contribution in [3.8, 4) is 29.3 Å². The first-order valence-corrected chi connectivity index (χ1v) is 18.2. The summed E-state index contributed by atoms with van der Waals surface area (Å²) in [4.78, 5) is 13.7. The summed E-state index contributed by atoms with van der Waals surface area (Å²) in [5, 5.41) is 55.2. The van der Waals surface area contributed by atoms with Crippen LogP contribution in [0, 0.1) is 0 Å². The van der Waals surface area contributed by atoms with Gasteiger partial charge in [-0.05, 0) is 65.7 Å². The fraction of sp³-hybridized carbons (Fsp3) is 0.538. The third-order valence-electron chi connectivity index (χ3n) is 9.53. The molecule has 1 aliphatic rings. The second kappa shape index (κ2) is 15.4. The highest BCUT2D eigenvalue weighted by Gasteiger charge is 2.33. The number of phenols is 1. The number of carbonyl (C=O) groups excluding carboxylic acids is 1. The number of hydrogen-bond donors (Lipinski definition) is 7. The Labute approximate surface area is 301 Å². The standard InChI is InChI=1S/C39H56N4O6S/c1-9-10-11-12-13-14-15-31(50)41-42-32(45)22-26(35(42)47)25-18-23(2)33-27(21-25)36(48)43(37(33)49)40-30(44)17-16-24-19-28(38(3,4)5)34(46)29(20-24)39(6,7)8/h18-20,22,25,45-49H,9-17,21H2,1-8H3,(H,40,44)(H,41,50). The number of nitrogens with one attached hydrogen (secondary N) is 2. The summed E-state index contributed by atoms with van der Waals surface area (Å²) in [7, 11) is 0. The molecule has 3 aromatic rings. The fourth-order valence-corrected chi connectivity index (χ4v) is 6.96. The lowest BCUT2D eigenvalue weighted by atomic mass is 9.78. The zero-order valence-electron chi connectivity index (χ0n) is 30.9. The van der Waals surface area contributed by atoms with Gasteiger partial charge in [0.2, 0.25) is 29.4 Å². The number of aryl methyl sites for hydroxylation is 1. The van der Waals surface area contributed by atoms with Crippen LogP contribution in [0.5, 0.6) is 29.3 Å². The molecule has 0 radical (unpaired) electrons. The van der Waals surface area contributed by atoms with E-state index in [1.807, 2.05) is 59.8 Å². The van der Waals surface area contributed by atoms with E-state index in [9.17, 15) is 30.3 Å². The number of benzene rings is 1. The molecule has 10 nitrogen and oxygen atoms in total. The summed E-state index contributed by atoms with van der Waals surface area (Å²) < 4.78 is 2.16. The van der Waals surface area contributed by atoms with E-state index in [1.54, 1.807) is 6.92 Å². The average Bonchev–Trinajstić information content (AvgIpc) is 3.43. The quantitative estimate of drug-likeness (QED) is 0.0690. The molecule has 1 amide bonds. The van der Waals surface area contributed by atoms with Gasteiger partial charge < -0.3 is 25.5 Å². The van der Waals surface area contributed by atoms with Crippen LogP contribution in [0.4, 0.5) is 0 Å². The lowest BCUT2D eigenvalue weighted by Crippen LogP contribution is -2.23. The Hall–Kier alpha value is -4.12. The largest absolute Gasteiger partial charge is 0.507 e. The summed E-state index contributed by atoms with van der Waals surface area (Å²) in [6.07, 6.45) is 9.91. The molecule has 0 saturated heterocycles. The summed E-state index contributed by atoms with van der Waals surface area (Å²) in [5.74, 6) is -1.57. The Morgan fingerprint density at radius 3 is 2.02 bits per heavy atom. The number of thiocarbonyl (C=S) groups is 1. The molecular weight excluding hydrogens is 653 g/mol. The molecule has 1 aromatic carbocycles. The molecule has 0 fully saturated rings. The van der Waals surface area contributed by atoms with Crippen molar-refractivity contribution in [1.29, 1.82) is 0 Å². The Bertz CT molecular complexity index is 1720. The third-order valence-corrected chi connectivity index (χ3v) is 9.82. The number of rotatable bonds is 13. The first kappa shape index (κ1) is 38.7. The van der Waals surface area contributed by atoms with Gasteiger partial charge in [0, 0.05) is 35.1 Å². The lowest BCUT2D eigenvalue weighted by Gasteiger charge is -2.28. The van der Waals surface area contributed by atoms with Gasteiger partial charge in [0.1, 0.15) is 5.75 Å². The van der Waals surface area contributed by atoms with Gasteiger partial charge in [0.05, 0.1) is 4.99 Å². The van der Waals surface area contributed by atoms with E-state index in [-0.39, 0.29) is 52.9 Å². The highest BCUT2D eigenvalue weighted by Crippen LogP contribution is 2.47. The first-order valence-electron chi connectivity index (χ1n) is 17.8. The molecule has 7 N–H and O–H groups in total. The Balaban J connectivity index is 1.47. The minimum absolute atomic E-state index is 0.0749. The van der Waals surface area contributed by atoms with Crippen LogP contribution in [0.15, 0.2) is 24.3 Å². The van der Waals surface area contributed by atoms with Gasteiger partial charge >= 0.3 is 0 Å². The average molecular weight is 709 g/mol. The highest BCUT2D eigenvalue weighted by atomic mass is 32.1. The van der Waals surface area contributed by atoms with E-state index in [0.29, 0.717) is 40.1 Å². The number of allylic oxidation sites excluding steroid dienone is 2. The van der Waals surface area contributed by atoms with Crippen molar-refractivity contribution in [2.75, 3.05) is 10.9 Å². The molecule has 274 valence electrons. The number of hydrogen-bond acceptors (Lipinski definition) is 7. The number of aromatic nitrogens is 2. The van der Waals surface area contributed by atoms with Gasteiger partial charge in [0.25, 0.3) is 0 Å². The van der Waals surface area contributed by atoms with E-state index in [0.717, 1.165) is 40.6 Å². The maximum atomic E-state index is 13.2. The summed E-state index contributed by atoms with van der Waals surface area (Å²) >= 11 is 5.48.